The minimum absolute atomic E-state index is 0.0110. The molecule has 172 valence electrons. The predicted molar refractivity (Wildman–Crippen MR) is 121 cm³/mol. The molecule has 4 N–H and O–H groups in total. The molecule has 2 heterocycles. The number of fused-ring (bicyclic) bond motifs is 1. The molecule has 0 bridgehead atoms. The van der Waals surface area contributed by atoms with Crippen LogP contribution in [0, 0.1) is 5.92 Å². The molecule has 2 fully saturated rings. The Morgan fingerprint density at radius 3 is 2.58 bits per heavy atom. The summed E-state index contributed by atoms with van der Waals surface area (Å²) in [6, 6.07) is 10.4. The number of rotatable bonds is 7. The number of aromatic nitrogens is 2. The van der Waals surface area contributed by atoms with Gasteiger partial charge in [-0.2, -0.15) is 8.42 Å². The lowest BCUT2D eigenvalue weighted by Crippen LogP contribution is -2.40. The number of imidazole rings is 1. The molecule has 1 aliphatic carbocycles. The number of amides is 2. The second-order valence-electron chi connectivity index (χ2n) is 8.31. The highest BCUT2D eigenvalue weighted by Crippen LogP contribution is 2.31. The van der Waals surface area contributed by atoms with E-state index in [1.165, 1.54) is 24.3 Å². The summed E-state index contributed by atoms with van der Waals surface area (Å²) in [6.07, 6.45) is 3.29. The fourth-order valence-electron chi connectivity index (χ4n) is 4.01. The van der Waals surface area contributed by atoms with Gasteiger partial charge in [0.15, 0.2) is 0 Å². The van der Waals surface area contributed by atoms with Crippen molar-refractivity contribution in [1.29, 1.82) is 0 Å². The molecule has 0 unspecified atom stereocenters. The average molecular weight is 470 g/mol. The molecule has 11 heteroatoms. The number of aromatic amines is 1. The van der Waals surface area contributed by atoms with Crippen LogP contribution >= 0.6 is 0 Å². The van der Waals surface area contributed by atoms with Gasteiger partial charge in [0.25, 0.3) is 0 Å². The first-order valence-electron chi connectivity index (χ1n) is 10.7. The van der Waals surface area contributed by atoms with E-state index in [0.717, 1.165) is 24.9 Å². The summed E-state index contributed by atoms with van der Waals surface area (Å²) in [7, 11) is -4.08. The summed E-state index contributed by atoms with van der Waals surface area (Å²) in [5.74, 6) is 0.00252. The number of primary amides is 1. The maximum atomic E-state index is 12.8. The van der Waals surface area contributed by atoms with E-state index < -0.39 is 16.0 Å². The summed E-state index contributed by atoms with van der Waals surface area (Å²) in [5, 5.41) is 2.73. The van der Waals surface area contributed by atoms with Gasteiger partial charge in [0.05, 0.1) is 11.0 Å². The van der Waals surface area contributed by atoms with Crippen LogP contribution in [0.25, 0.3) is 11.0 Å². The number of carbonyl (C=O) groups excluding carboxylic acids is 2. The van der Waals surface area contributed by atoms with Gasteiger partial charge in [-0.1, -0.05) is 0 Å². The van der Waals surface area contributed by atoms with Crippen molar-refractivity contribution in [2.45, 2.75) is 36.6 Å². The fourth-order valence-corrected chi connectivity index (χ4v) is 4.94. The lowest BCUT2D eigenvalue weighted by molar-refractivity contribution is -0.119. The minimum Gasteiger partial charge on any atom is -0.379 e. The summed E-state index contributed by atoms with van der Waals surface area (Å²) in [6.45, 7) is 0.684. The average Bonchev–Trinajstić information content (AvgIpc) is 3.37. The molecule has 1 atom stereocenters. The Kier molecular flexibility index (Phi) is 5.20. The summed E-state index contributed by atoms with van der Waals surface area (Å²) < 4.78 is 30.9. The molecule has 0 spiro atoms. The van der Waals surface area contributed by atoms with E-state index in [0.29, 0.717) is 29.9 Å². The summed E-state index contributed by atoms with van der Waals surface area (Å²) in [5.41, 5.74) is 7.31. The van der Waals surface area contributed by atoms with Crippen molar-refractivity contribution < 1.29 is 22.2 Å². The second kappa shape index (κ2) is 8.07. The Morgan fingerprint density at radius 2 is 1.88 bits per heavy atom. The number of hydrogen-bond acceptors (Lipinski definition) is 7. The molecule has 33 heavy (non-hydrogen) atoms. The van der Waals surface area contributed by atoms with Crippen molar-refractivity contribution in [3.05, 3.63) is 42.5 Å². The maximum Gasteiger partial charge on any atom is 0.339 e. The Balaban J connectivity index is 1.31. The van der Waals surface area contributed by atoms with Gasteiger partial charge in [-0.05, 0) is 62.1 Å². The van der Waals surface area contributed by atoms with Crippen molar-refractivity contribution >= 4 is 44.6 Å². The molecule has 1 aromatic heterocycles. The quantitative estimate of drug-likeness (QED) is 0.449. The van der Waals surface area contributed by atoms with Crippen LogP contribution in [-0.2, 0) is 19.7 Å². The van der Waals surface area contributed by atoms with Crippen molar-refractivity contribution in [2.75, 3.05) is 16.8 Å². The van der Waals surface area contributed by atoms with Crippen LogP contribution in [0.1, 0.15) is 25.7 Å². The van der Waals surface area contributed by atoms with E-state index in [2.05, 4.69) is 15.3 Å². The number of hydrogen-bond donors (Lipinski definition) is 3. The van der Waals surface area contributed by atoms with E-state index in [-0.39, 0.29) is 28.5 Å². The number of benzene rings is 2. The van der Waals surface area contributed by atoms with Crippen LogP contribution < -0.4 is 20.1 Å². The molecule has 1 aliphatic heterocycles. The number of nitrogens with one attached hydrogen (secondary N) is 2. The third kappa shape index (κ3) is 4.36. The summed E-state index contributed by atoms with van der Waals surface area (Å²) >= 11 is 0. The van der Waals surface area contributed by atoms with E-state index in [1.54, 1.807) is 18.2 Å². The van der Waals surface area contributed by atoms with Crippen molar-refractivity contribution in [1.82, 2.24) is 9.97 Å². The van der Waals surface area contributed by atoms with Crippen LogP contribution in [0.5, 0.6) is 5.75 Å². The lowest BCUT2D eigenvalue weighted by atomic mass is 10.2. The second-order valence-corrected chi connectivity index (χ2v) is 9.86. The van der Waals surface area contributed by atoms with E-state index >= 15 is 0 Å². The molecule has 0 radical (unpaired) electrons. The first kappa shape index (κ1) is 21.3. The number of nitrogens with two attached hydrogens (primary N) is 1. The van der Waals surface area contributed by atoms with Gasteiger partial charge in [0.1, 0.15) is 16.7 Å². The molecular formula is C22H23N5O5S. The van der Waals surface area contributed by atoms with E-state index in [9.17, 15) is 18.0 Å². The highest BCUT2D eigenvalue weighted by atomic mass is 32.2. The number of H-pyrrole nitrogens is 1. The van der Waals surface area contributed by atoms with Gasteiger partial charge in [-0.3, -0.25) is 14.9 Å². The summed E-state index contributed by atoms with van der Waals surface area (Å²) in [4.78, 5) is 32.7. The topological polar surface area (TPSA) is 147 Å². The first-order valence-corrected chi connectivity index (χ1v) is 12.1. The smallest absolute Gasteiger partial charge is 0.339 e. The third-order valence-corrected chi connectivity index (χ3v) is 7.15. The highest BCUT2D eigenvalue weighted by molar-refractivity contribution is 7.87. The zero-order valence-corrected chi connectivity index (χ0v) is 18.5. The van der Waals surface area contributed by atoms with Gasteiger partial charge in [0, 0.05) is 24.2 Å². The van der Waals surface area contributed by atoms with E-state index in [1.807, 2.05) is 4.90 Å². The molecule has 3 aromatic rings. The van der Waals surface area contributed by atoms with Crippen LogP contribution in [0.4, 0.5) is 11.6 Å². The Labute approximate surface area is 190 Å². The van der Waals surface area contributed by atoms with E-state index in [4.69, 9.17) is 9.92 Å². The Morgan fingerprint density at radius 1 is 1.12 bits per heavy atom. The van der Waals surface area contributed by atoms with Gasteiger partial charge < -0.3 is 19.8 Å². The number of nitrogens with zero attached hydrogens (tertiary/aromatic N) is 2. The van der Waals surface area contributed by atoms with Gasteiger partial charge >= 0.3 is 10.1 Å². The van der Waals surface area contributed by atoms with Crippen LogP contribution in [0.15, 0.2) is 47.4 Å². The first-order chi connectivity index (χ1) is 15.8. The maximum absolute atomic E-state index is 12.8. The Bertz CT molecular complexity index is 1330. The molecule has 10 nitrogen and oxygen atoms in total. The zero-order chi connectivity index (χ0) is 23.2. The van der Waals surface area contributed by atoms with Crippen LogP contribution in [0.2, 0.25) is 0 Å². The molecule has 2 aliphatic rings. The predicted octanol–water partition coefficient (Wildman–Crippen LogP) is 2.13. The third-order valence-electron chi connectivity index (χ3n) is 5.89. The minimum atomic E-state index is -4.08. The van der Waals surface area contributed by atoms with Crippen molar-refractivity contribution in [2.24, 2.45) is 11.7 Å². The monoisotopic (exact) mass is 469 g/mol. The van der Waals surface area contributed by atoms with Crippen molar-refractivity contribution in [3.63, 3.8) is 0 Å². The van der Waals surface area contributed by atoms with Crippen molar-refractivity contribution in [3.8, 4) is 5.75 Å². The fraction of sp³-hybridized carbons (Fsp3) is 0.318. The number of carbonyl (C=O) groups is 2. The number of anilines is 2. The normalized spacial score (nSPS) is 18.4. The standard InChI is InChI=1S/C22H23N5O5S/c23-20(28)19-2-1-11-27(19)14-5-8-16(9-6-14)33(30,31)32-15-7-10-17-18(12-15)25-22(24-17)26-21(29)13-3-4-13/h5-10,12-13,19H,1-4,11H2,(H2,23,28)(H2,24,25,26,29)/t19-/m1/s1. The zero-order valence-electron chi connectivity index (χ0n) is 17.7. The molecular weight excluding hydrogens is 446 g/mol. The largest absolute Gasteiger partial charge is 0.379 e. The van der Waals surface area contributed by atoms with Gasteiger partial charge in [0.2, 0.25) is 17.8 Å². The van der Waals surface area contributed by atoms with Gasteiger partial charge in [-0.25, -0.2) is 4.98 Å². The molecule has 2 aromatic carbocycles. The molecule has 1 saturated carbocycles. The lowest BCUT2D eigenvalue weighted by Gasteiger charge is -2.24. The van der Waals surface area contributed by atoms with Crippen LogP contribution in [-0.4, -0.2) is 42.8 Å². The molecule has 5 rings (SSSR count). The highest BCUT2D eigenvalue weighted by Gasteiger charge is 2.31. The molecule has 2 amide bonds. The molecule has 1 saturated heterocycles. The SMILES string of the molecule is NC(=O)[C@H]1CCCN1c1ccc(S(=O)(=O)Oc2ccc3nc(NC(=O)C4CC4)[nH]c3c2)cc1. The Hall–Kier alpha value is -3.60. The van der Waals surface area contributed by atoms with Gasteiger partial charge in [-0.15, -0.1) is 0 Å². The van der Waals surface area contributed by atoms with Crippen LogP contribution in [0.3, 0.4) is 0 Å².